The van der Waals surface area contributed by atoms with Crippen molar-refractivity contribution in [1.82, 2.24) is 5.32 Å². The maximum atomic E-state index is 11.8. The summed E-state index contributed by atoms with van der Waals surface area (Å²) in [7, 11) is 0. The average molecular weight is 285 g/mol. The first-order valence-corrected chi connectivity index (χ1v) is 6.26. The second-order valence-corrected chi connectivity index (χ2v) is 4.60. The summed E-state index contributed by atoms with van der Waals surface area (Å²) < 4.78 is 5.07. The lowest BCUT2D eigenvalue weighted by Gasteiger charge is -2.09. The van der Waals surface area contributed by atoms with Crippen LogP contribution in [0.1, 0.15) is 27.9 Å². The summed E-state index contributed by atoms with van der Waals surface area (Å²) in [4.78, 5) is 22.2. The van der Waals surface area contributed by atoms with Gasteiger partial charge < -0.3 is 15.8 Å². The molecule has 0 bridgehead atoms. The van der Waals surface area contributed by atoms with Crippen LogP contribution in [0.4, 0.5) is 4.79 Å². The average Bonchev–Trinajstić information content (AvgIpc) is 2.32. The third kappa shape index (κ3) is 4.79. The summed E-state index contributed by atoms with van der Waals surface area (Å²) in [5.41, 5.74) is 7.25. The maximum absolute atomic E-state index is 11.8. The molecule has 0 aromatic heterocycles. The first kappa shape index (κ1) is 15.3. The van der Waals surface area contributed by atoms with Crippen molar-refractivity contribution in [3.8, 4) is 0 Å². The first-order chi connectivity index (χ1) is 8.91. The van der Waals surface area contributed by atoms with E-state index in [0.717, 1.165) is 11.1 Å². The van der Waals surface area contributed by atoms with Crippen LogP contribution >= 0.6 is 11.6 Å². The fourth-order valence-corrected chi connectivity index (χ4v) is 1.76. The van der Waals surface area contributed by atoms with Gasteiger partial charge in [0.05, 0.1) is 17.2 Å². The van der Waals surface area contributed by atoms with Crippen LogP contribution in [-0.4, -0.2) is 25.2 Å². The third-order valence-corrected chi connectivity index (χ3v) is 2.97. The molecule has 104 valence electrons. The van der Waals surface area contributed by atoms with E-state index in [9.17, 15) is 9.59 Å². The normalized spacial score (nSPS) is 10.1. The van der Waals surface area contributed by atoms with Gasteiger partial charge in [0.15, 0.2) is 0 Å². The molecule has 5 nitrogen and oxygen atoms in total. The minimum Gasteiger partial charge on any atom is -0.462 e. The van der Waals surface area contributed by atoms with Gasteiger partial charge in [-0.15, -0.1) is 0 Å². The van der Waals surface area contributed by atoms with Crippen LogP contribution in [0.2, 0.25) is 5.02 Å². The summed E-state index contributed by atoms with van der Waals surface area (Å²) >= 11 is 6.00. The van der Waals surface area contributed by atoms with Gasteiger partial charge in [0.2, 0.25) is 0 Å². The summed E-state index contributed by atoms with van der Waals surface area (Å²) in [5.74, 6) is -0.466. The van der Waals surface area contributed by atoms with E-state index in [1.54, 1.807) is 12.1 Å². The smallest absolute Gasteiger partial charge is 0.339 e. The number of benzene rings is 1. The molecule has 0 spiro atoms. The van der Waals surface area contributed by atoms with Crippen LogP contribution < -0.4 is 11.1 Å². The van der Waals surface area contributed by atoms with Crippen molar-refractivity contribution in [2.24, 2.45) is 5.73 Å². The van der Waals surface area contributed by atoms with Gasteiger partial charge in [0.25, 0.3) is 0 Å². The second-order valence-electron chi connectivity index (χ2n) is 4.20. The molecule has 1 rings (SSSR count). The van der Waals surface area contributed by atoms with Crippen molar-refractivity contribution in [3.63, 3.8) is 0 Å². The Labute approximate surface area is 117 Å². The van der Waals surface area contributed by atoms with Crippen LogP contribution in [0, 0.1) is 13.8 Å². The van der Waals surface area contributed by atoms with E-state index in [4.69, 9.17) is 22.1 Å². The number of primary amides is 1. The van der Waals surface area contributed by atoms with Crippen molar-refractivity contribution in [2.45, 2.75) is 20.3 Å². The van der Waals surface area contributed by atoms with Gasteiger partial charge in [-0.3, -0.25) is 0 Å². The Morgan fingerprint density at radius 2 is 1.95 bits per heavy atom. The van der Waals surface area contributed by atoms with Crippen LogP contribution in [0.5, 0.6) is 0 Å². The number of nitrogens with one attached hydrogen (secondary N) is 1. The van der Waals surface area contributed by atoms with Crippen LogP contribution in [0.15, 0.2) is 12.1 Å². The van der Waals surface area contributed by atoms with E-state index in [0.29, 0.717) is 23.6 Å². The van der Waals surface area contributed by atoms with E-state index in [1.165, 1.54) is 0 Å². The Morgan fingerprint density at radius 1 is 1.32 bits per heavy atom. The van der Waals surface area contributed by atoms with E-state index < -0.39 is 12.0 Å². The van der Waals surface area contributed by atoms with Gasteiger partial charge in [-0.1, -0.05) is 11.6 Å². The van der Waals surface area contributed by atoms with E-state index in [2.05, 4.69) is 5.32 Å². The standard InChI is InChI=1S/C13H17ClN2O3/c1-8-6-10(11(14)7-9(8)2)12(17)19-5-3-4-16-13(15)18/h6-7H,3-5H2,1-2H3,(H3,15,16,18). The number of aryl methyl sites for hydroxylation is 2. The predicted octanol–water partition coefficient (Wildman–Crippen LogP) is 2.17. The lowest BCUT2D eigenvalue weighted by atomic mass is 10.1. The van der Waals surface area contributed by atoms with Gasteiger partial charge in [-0.05, 0) is 43.5 Å². The Kier molecular flexibility index (Phi) is 5.63. The molecule has 0 saturated heterocycles. The molecule has 0 fully saturated rings. The number of carbonyl (C=O) groups excluding carboxylic acids is 2. The summed E-state index contributed by atoms with van der Waals surface area (Å²) in [6.07, 6.45) is 0.497. The largest absolute Gasteiger partial charge is 0.462 e. The molecule has 19 heavy (non-hydrogen) atoms. The monoisotopic (exact) mass is 284 g/mol. The lowest BCUT2D eigenvalue weighted by Crippen LogP contribution is -2.30. The second kappa shape index (κ2) is 6.99. The molecule has 1 aromatic rings. The molecule has 0 aliphatic rings. The number of nitrogens with two attached hydrogens (primary N) is 1. The molecule has 0 unspecified atom stereocenters. The van der Waals surface area contributed by atoms with Crippen molar-refractivity contribution in [2.75, 3.05) is 13.2 Å². The van der Waals surface area contributed by atoms with Gasteiger partial charge in [0, 0.05) is 6.54 Å². The number of ether oxygens (including phenoxy) is 1. The highest BCUT2D eigenvalue weighted by Crippen LogP contribution is 2.21. The van der Waals surface area contributed by atoms with Crippen LogP contribution in [0.25, 0.3) is 0 Å². The summed E-state index contributed by atoms with van der Waals surface area (Å²) in [5, 5.41) is 2.79. The molecule has 0 aliphatic carbocycles. The fourth-order valence-electron chi connectivity index (χ4n) is 1.46. The van der Waals surface area contributed by atoms with Crippen molar-refractivity contribution in [1.29, 1.82) is 0 Å². The topological polar surface area (TPSA) is 81.4 Å². The number of urea groups is 1. The summed E-state index contributed by atoms with van der Waals surface area (Å²) in [6.45, 7) is 4.39. The number of amides is 2. The molecule has 0 radical (unpaired) electrons. The molecule has 0 aliphatic heterocycles. The molecule has 0 atom stereocenters. The summed E-state index contributed by atoms with van der Waals surface area (Å²) in [6, 6.07) is 2.85. The quantitative estimate of drug-likeness (QED) is 0.642. The van der Waals surface area contributed by atoms with E-state index in [1.807, 2.05) is 13.8 Å². The molecule has 1 aromatic carbocycles. The lowest BCUT2D eigenvalue weighted by molar-refractivity contribution is 0.0502. The Morgan fingerprint density at radius 3 is 2.58 bits per heavy atom. The molecular formula is C13H17ClN2O3. The minimum atomic E-state index is -0.594. The van der Waals surface area contributed by atoms with Gasteiger partial charge >= 0.3 is 12.0 Å². The van der Waals surface area contributed by atoms with Crippen molar-refractivity contribution < 1.29 is 14.3 Å². The number of halogens is 1. The van der Waals surface area contributed by atoms with E-state index in [-0.39, 0.29) is 6.61 Å². The molecule has 2 amide bonds. The predicted molar refractivity (Wildman–Crippen MR) is 73.4 cm³/mol. The highest BCUT2D eigenvalue weighted by atomic mass is 35.5. The molecule has 0 heterocycles. The Hall–Kier alpha value is -1.75. The van der Waals surface area contributed by atoms with Gasteiger partial charge in [-0.2, -0.15) is 0 Å². The highest BCUT2D eigenvalue weighted by Gasteiger charge is 2.13. The Bertz CT molecular complexity index is 489. The third-order valence-electron chi connectivity index (χ3n) is 2.66. The maximum Gasteiger partial charge on any atom is 0.339 e. The zero-order valence-electron chi connectivity index (χ0n) is 11.0. The number of esters is 1. The number of hydrogen-bond donors (Lipinski definition) is 2. The fraction of sp³-hybridized carbons (Fsp3) is 0.385. The molecule has 0 saturated carbocycles. The van der Waals surface area contributed by atoms with Gasteiger partial charge in [-0.25, -0.2) is 9.59 Å². The number of carbonyl (C=O) groups is 2. The van der Waals surface area contributed by atoms with Gasteiger partial charge in [0.1, 0.15) is 0 Å². The number of hydrogen-bond acceptors (Lipinski definition) is 3. The Balaban J connectivity index is 2.50. The molecule has 3 N–H and O–H groups in total. The molecule has 6 heteroatoms. The van der Waals surface area contributed by atoms with Crippen molar-refractivity contribution in [3.05, 3.63) is 33.8 Å². The first-order valence-electron chi connectivity index (χ1n) is 5.89. The van der Waals surface area contributed by atoms with Crippen LogP contribution in [-0.2, 0) is 4.74 Å². The van der Waals surface area contributed by atoms with Crippen molar-refractivity contribution >= 4 is 23.6 Å². The zero-order valence-corrected chi connectivity index (χ0v) is 11.7. The zero-order chi connectivity index (χ0) is 14.4. The number of rotatable bonds is 5. The van der Waals surface area contributed by atoms with Crippen LogP contribution in [0.3, 0.4) is 0 Å². The van der Waals surface area contributed by atoms with E-state index >= 15 is 0 Å². The highest BCUT2D eigenvalue weighted by molar-refractivity contribution is 6.33. The SMILES string of the molecule is Cc1cc(Cl)c(C(=O)OCCCNC(N)=O)cc1C. The molecular weight excluding hydrogens is 268 g/mol. The minimum absolute atomic E-state index is 0.197.